The lowest BCUT2D eigenvalue weighted by molar-refractivity contribution is -0.120. The van der Waals surface area contributed by atoms with Gasteiger partial charge < -0.3 is 15.1 Å². The average Bonchev–Trinajstić information content (AvgIpc) is 3.03. The minimum Gasteiger partial charge on any atom is -0.352 e. The highest BCUT2D eigenvalue weighted by Gasteiger charge is 2.27. The average molecular weight is 533 g/mol. The molecule has 1 aliphatic rings. The van der Waals surface area contributed by atoms with Crippen LogP contribution in [0.4, 0.5) is 5.69 Å². The van der Waals surface area contributed by atoms with E-state index in [1.165, 1.54) is 0 Å². The molecule has 2 heterocycles. The normalized spacial score (nSPS) is 15.0. The number of amides is 1. The smallest absolute Gasteiger partial charge is 0.246 e. The highest BCUT2D eigenvalue weighted by atomic mass is 127. The second-order valence-corrected chi connectivity index (χ2v) is 6.78. The van der Waals surface area contributed by atoms with E-state index in [4.69, 9.17) is 0 Å². The Balaban J connectivity index is 0.00000243. The molecule has 9 heteroatoms. The lowest BCUT2D eigenvalue weighted by Gasteiger charge is -2.35. The number of hydrogen-bond donors (Lipinski definition) is 1. The maximum Gasteiger partial charge on any atom is 0.246 e. The van der Waals surface area contributed by atoms with Crippen molar-refractivity contribution in [3.05, 3.63) is 46.7 Å². The first kappa shape index (κ1) is 20.7. The minimum atomic E-state index is 0. The van der Waals surface area contributed by atoms with E-state index >= 15 is 0 Å². The summed E-state index contributed by atoms with van der Waals surface area (Å²) >= 11 is 3.43. The first-order valence-electron chi connectivity index (χ1n) is 8.06. The summed E-state index contributed by atoms with van der Waals surface area (Å²) in [5.41, 5.74) is 2.00. The van der Waals surface area contributed by atoms with Crippen molar-refractivity contribution in [1.82, 2.24) is 20.0 Å². The molecule has 1 N–H and O–H groups in total. The Hall–Kier alpha value is -1.62. The van der Waals surface area contributed by atoms with E-state index in [0.717, 1.165) is 28.2 Å². The van der Waals surface area contributed by atoms with Crippen molar-refractivity contribution in [1.29, 1.82) is 0 Å². The monoisotopic (exact) mass is 532 g/mol. The molecule has 1 aromatic heterocycles. The molecule has 0 radical (unpaired) electrons. The van der Waals surface area contributed by atoms with Gasteiger partial charge in [-0.3, -0.25) is 14.5 Å². The molecular weight excluding hydrogens is 511 g/mol. The van der Waals surface area contributed by atoms with Crippen LogP contribution in [0.1, 0.15) is 5.56 Å². The summed E-state index contributed by atoms with van der Waals surface area (Å²) in [6, 6.07) is 8.12. The molecule has 0 aliphatic carbocycles. The maximum atomic E-state index is 12.5. The molecule has 0 spiro atoms. The molecule has 1 aliphatic heterocycles. The van der Waals surface area contributed by atoms with Gasteiger partial charge >= 0.3 is 0 Å². The van der Waals surface area contributed by atoms with Crippen LogP contribution in [0, 0.1) is 0 Å². The molecule has 1 aromatic carbocycles. The molecule has 1 saturated heterocycles. The van der Waals surface area contributed by atoms with Crippen molar-refractivity contribution in [3.8, 4) is 0 Å². The lowest BCUT2D eigenvalue weighted by atomic mass is 10.2. The van der Waals surface area contributed by atoms with Gasteiger partial charge in [0.15, 0.2) is 5.96 Å². The van der Waals surface area contributed by atoms with E-state index in [1.54, 1.807) is 22.8 Å². The first-order chi connectivity index (χ1) is 12.1. The Morgan fingerprint density at radius 2 is 2.04 bits per heavy atom. The van der Waals surface area contributed by atoms with Gasteiger partial charge in [-0.05, 0) is 17.7 Å². The molecule has 7 nitrogen and oxygen atoms in total. The van der Waals surface area contributed by atoms with Gasteiger partial charge in [0, 0.05) is 44.4 Å². The highest BCUT2D eigenvalue weighted by Crippen LogP contribution is 2.16. The Labute approximate surface area is 178 Å². The molecule has 2 aromatic rings. The van der Waals surface area contributed by atoms with Crippen molar-refractivity contribution in [2.24, 2.45) is 12.0 Å². The van der Waals surface area contributed by atoms with Gasteiger partial charge in [-0.25, -0.2) is 0 Å². The second kappa shape index (κ2) is 9.36. The third kappa shape index (κ3) is 4.97. The van der Waals surface area contributed by atoms with Crippen molar-refractivity contribution >= 4 is 57.5 Å². The van der Waals surface area contributed by atoms with Crippen molar-refractivity contribution < 1.29 is 4.79 Å². The van der Waals surface area contributed by atoms with Crippen LogP contribution in [-0.4, -0.2) is 53.2 Å². The number of nitrogens with one attached hydrogen (secondary N) is 1. The number of benzene rings is 1. The largest absolute Gasteiger partial charge is 0.352 e. The molecule has 0 bridgehead atoms. The van der Waals surface area contributed by atoms with Gasteiger partial charge in [-0.15, -0.1) is 24.0 Å². The lowest BCUT2D eigenvalue weighted by Crippen LogP contribution is -2.55. The molecule has 0 atom stereocenters. The van der Waals surface area contributed by atoms with E-state index in [0.29, 0.717) is 19.6 Å². The van der Waals surface area contributed by atoms with Gasteiger partial charge in [0.2, 0.25) is 5.91 Å². The fourth-order valence-corrected chi connectivity index (χ4v) is 3.05. The summed E-state index contributed by atoms with van der Waals surface area (Å²) in [7, 11) is 3.58. The number of halogens is 2. The number of aromatic nitrogens is 2. The van der Waals surface area contributed by atoms with Crippen molar-refractivity contribution in [2.75, 3.05) is 31.6 Å². The van der Waals surface area contributed by atoms with Crippen LogP contribution in [0.5, 0.6) is 0 Å². The summed E-state index contributed by atoms with van der Waals surface area (Å²) in [6.07, 6.45) is 3.57. The summed E-state index contributed by atoms with van der Waals surface area (Å²) in [5, 5.41) is 7.46. The summed E-state index contributed by atoms with van der Waals surface area (Å²) < 4.78 is 2.76. The predicted molar refractivity (Wildman–Crippen MR) is 117 cm³/mol. The summed E-state index contributed by atoms with van der Waals surface area (Å²) in [6.45, 7) is 2.30. The fourth-order valence-electron chi connectivity index (χ4n) is 2.79. The standard InChI is InChI=1S/C17H21BrN6O.HI/c1-19-17(20-9-13-3-5-14(18)6-4-13)23-7-8-24(16(25)12-23)15-10-21-22(2)11-15;/h3-6,10-11H,7-9,12H2,1-2H3,(H,19,20);1H. The molecule has 140 valence electrons. The van der Waals surface area contributed by atoms with Crippen LogP contribution < -0.4 is 10.2 Å². The molecule has 1 fully saturated rings. The number of guanidine groups is 1. The van der Waals surface area contributed by atoms with Gasteiger partial charge in [0.1, 0.15) is 6.54 Å². The molecule has 1 amide bonds. The van der Waals surface area contributed by atoms with Gasteiger partial charge in [-0.2, -0.15) is 5.10 Å². The number of anilines is 1. The zero-order valence-corrected chi connectivity index (χ0v) is 18.6. The van der Waals surface area contributed by atoms with Gasteiger partial charge in [0.05, 0.1) is 11.9 Å². The quantitative estimate of drug-likeness (QED) is 0.374. The SMILES string of the molecule is CN=C(NCc1ccc(Br)cc1)N1CCN(c2cnn(C)c2)C(=O)C1.I. The Morgan fingerprint density at radius 3 is 2.62 bits per heavy atom. The molecule has 26 heavy (non-hydrogen) atoms. The van der Waals surface area contributed by atoms with Gasteiger partial charge in [0.25, 0.3) is 0 Å². The maximum absolute atomic E-state index is 12.5. The predicted octanol–water partition coefficient (Wildman–Crippen LogP) is 2.22. The second-order valence-electron chi connectivity index (χ2n) is 5.87. The Morgan fingerprint density at radius 1 is 1.31 bits per heavy atom. The van der Waals surface area contributed by atoms with Gasteiger partial charge in [-0.1, -0.05) is 28.1 Å². The van der Waals surface area contributed by atoms with Crippen LogP contribution in [0.3, 0.4) is 0 Å². The first-order valence-corrected chi connectivity index (χ1v) is 8.85. The van der Waals surface area contributed by atoms with E-state index in [9.17, 15) is 4.79 Å². The molecular formula is C17H22BrIN6O. The summed E-state index contributed by atoms with van der Waals surface area (Å²) in [4.78, 5) is 20.6. The van der Waals surface area contributed by atoms with Crippen molar-refractivity contribution in [2.45, 2.75) is 6.54 Å². The minimum absolute atomic E-state index is 0. The summed E-state index contributed by atoms with van der Waals surface area (Å²) in [5.74, 6) is 0.785. The molecule has 3 rings (SSSR count). The number of aliphatic imine (C=N–C) groups is 1. The number of aryl methyl sites for hydroxylation is 1. The van der Waals surface area contributed by atoms with E-state index in [-0.39, 0.29) is 29.9 Å². The van der Waals surface area contributed by atoms with E-state index in [2.05, 4.69) is 43.5 Å². The highest BCUT2D eigenvalue weighted by molar-refractivity contribution is 14.0. The zero-order chi connectivity index (χ0) is 17.8. The number of carbonyl (C=O) groups excluding carboxylic acids is 1. The fraction of sp³-hybridized carbons (Fsp3) is 0.353. The molecule has 0 saturated carbocycles. The number of rotatable bonds is 3. The van der Waals surface area contributed by atoms with Crippen LogP contribution >= 0.6 is 39.9 Å². The van der Waals surface area contributed by atoms with Crippen molar-refractivity contribution in [3.63, 3.8) is 0 Å². The number of piperazine rings is 1. The van der Waals surface area contributed by atoms with Crippen LogP contribution in [0.15, 0.2) is 46.1 Å². The number of carbonyl (C=O) groups is 1. The van der Waals surface area contributed by atoms with Crippen LogP contribution in [0.25, 0.3) is 0 Å². The Bertz CT molecular complexity index is 776. The zero-order valence-electron chi connectivity index (χ0n) is 14.7. The van der Waals surface area contributed by atoms with E-state index < -0.39 is 0 Å². The topological polar surface area (TPSA) is 65.8 Å². The van der Waals surface area contributed by atoms with Crippen LogP contribution in [0.2, 0.25) is 0 Å². The van der Waals surface area contributed by atoms with E-state index in [1.807, 2.05) is 30.3 Å². The number of hydrogen-bond acceptors (Lipinski definition) is 3. The van der Waals surface area contributed by atoms with Crippen LogP contribution in [-0.2, 0) is 18.4 Å². The third-order valence-corrected chi connectivity index (χ3v) is 4.63. The molecule has 0 unspecified atom stereocenters. The number of nitrogens with zero attached hydrogens (tertiary/aromatic N) is 5. The third-order valence-electron chi connectivity index (χ3n) is 4.10. The Kier molecular flexibility index (Phi) is 7.44.